The minimum atomic E-state index is -0.747. The van der Waals surface area contributed by atoms with E-state index in [4.69, 9.17) is 24.2 Å². The van der Waals surface area contributed by atoms with Gasteiger partial charge in [-0.05, 0) is 59.9 Å². The molecule has 4 rings (SSSR count). The van der Waals surface area contributed by atoms with Crippen LogP contribution in [0.2, 0.25) is 0 Å². The predicted molar refractivity (Wildman–Crippen MR) is 156 cm³/mol. The largest absolute Gasteiger partial charge is 0.467 e. The Balaban J connectivity index is 1.61. The summed E-state index contributed by atoms with van der Waals surface area (Å²) in [7, 11) is 3.23. The molecule has 0 bridgehead atoms. The standard InChI is InChI=1S/C29H41N7O5/c1-8-40-20(15-30-6)17-35-18(2)32-26-25(35)21(12-13-31-26)22-10-9-11-24(34-22)33-19-14-23(27(37)39-7)36(16-19)28(38)41-29(3,4)5/h9-13,19-20,23,30H,8,14-17H2,1-7H3,(H,33,34)/t19-,20?,23-/m0/s1. The highest BCUT2D eigenvalue weighted by molar-refractivity contribution is 5.89. The smallest absolute Gasteiger partial charge is 0.411 e. The van der Waals surface area contributed by atoms with Crippen LogP contribution in [0.5, 0.6) is 0 Å². The molecule has 222 valence electrons. The Kier molecular flexibility index (Phi) is 9.44. The van der Waals surface area contributed by atoms with Crippen molar-refractivity contribution in [1.29, 1.82) is 0 Å². The fourth-order valence-corrected chi connectivity index (χ4v) is 5.14. The summed E-state index contributed by atoms with van der Waals surface area (Å²) in [6, 6.07) is 6.70. The van der Waals surface area contributed by atoms with Crippen molar-refractivity contribution in [3.63, 3.8) is 0 Å². The minimum Gasteiger partial charge on any atom is -0.467 e. The number of amides is 1. The number of ether oxygens (including phenoxy) is 3. The first kappa shape index (κ1) is 30.2. The Hall–Kier alpha value is -3.77. The van der Waals surface area contributed by atoms with E-state index in [2.05, 4.69) is 20.2 Å². The number of likely N-dealkylation sites (tertiary alicyclic amines) is 1. The molecule has 1 amide bonds. The van der Waals surface area contributed by atoms with Gasteiger partial charge in [-0.2, -0.15) is 0 Å². The van der Waals surface area contributed by atoms with Gasteiger partial charge in [0, 0.05) is 43.9 Å². The number of methoxy groups -OCH3 is 1. The summed E-state index contributed by atoms with van der Waals surface area (Å²) in [6.07, 6.45) is 1.52. The fraction of sp³-hybridized carbons (Fsp3) is 0.552. The van der Waals surface area contributed by atoms with Gasteiger partial charge in [0.1, 0.15) is 23.3 Å². The summed E-state index contributed by atoms with van der Waals surface area (Å²) in [5, 5.41) is 6.61. The molecular weight excluding hydrogens is 526 g/mol. The first-order valence-electron chi connectivity index (χ1n) is 13.9. The molecule has 1 unspecified atom stereocenters. The van der Waals surface area contributed by atoms with E-state index in [0.717, 1.165) is 22.6 Å². The Morgan fingerprint density at radius 1 is 1.20 bits per heavy atom. The third-order valence-electron chi connectivity index (χ3n) is 6.83. The van der Waals surface area contributed by atoms with Crippen LogP contribution in [0.15, 0.2) is 30.5 Å². The molecule has 1 aliphatic heterocycles. The predicted octanol–water partition coefficient (Wildman–Crippen LogP) is 3.39. The number of nitrogens with one attached hydrogen (secondary N) is 2. The van der Waals surface area contributed by atoms with E-state index < -0.39 is 23.7 Å². The van der Waals surface area contributed by atoms with Crippen LogP contribution in [0.1, 0.15) is 39.9 Å². The highest BCUT2D eigenvalue weighted by Crippen LogP contribution is 2.30. The maximum absolute atomic E-state index is 12.9. The second-order valence-corrected chi connectivity index (χ2v) is 11.1. The molecule has 0 spiro atoms. The van der Waals surface area contributed by atoms with Crippen molar-refractivity contribution in [3.05, 3.63) is 36.3 Å². The monoisotopic (exact) mass is 567 g/mol. The topological polar surface area (TPSA) is 133 Å². The van der Waals surface area contributed by atoms with Crippen molar-refractivity contribution >= 4 is 29.0 Å². The van der Waals surface area contributed by atoms with Gasteiger partial charge in [0.15, 0.2) is 5.65 Å². The molecule has 1 aliphatic rings. The van der Waals surface area contributed by atoms with Gasteiger partial charge in [-0.3, -0.25) is 4.90 Å². The fourth-order valence-electron chi connectivity index (χ4n) is 5.14. The molecule has 0 aromatic carbocycles. The molecule has 3 atom stereocenters. The average Bonchev–Trinajstić information content (AvgIpc) is 3.48. The van der Waals surface area contributed by atoms with E-state index >= 15 is 0 Å². The molecule has 1 fully saturated rings. The van der Waals surface area contributed by atoms with Crippen molar-refractivity contribution in [1.82, 2.24) is 29.7 Å². The van der Waals surface area contributed by atoms with Crippen molar-refractivity contribution in [3.8, 4) is 11.3 Å². The molecule has 12 nitrogen and oxygen atoms in total. The highest BCUT2D eigenvalue weighted by atomic mass is 16.6. The number of esters is 1. The summed E-state index contributed by atoms with van der Waals surface area (Å²) < 4.78 is 18.6. The number of rotatable bonds is 10. The minimum absolute atomic E-state index is 0.0341. The van der Waals surface area contributed by atoms with Gasteiger partial charge >= 0.3 is 12.1 Å². The number of carbonyl (C=O) groups is 2. The summed E-state index contributed by atoms with van der Waals surface area (Å²) in [4.78, 5) is 40.9. The lowest BCUT2D eigenvalue weighted by Gasteiger charge is -2.27. The van der Waals surface area contributed by atoms with Gasteiger partial charge in [0.05, 0.1) is 31.0 Å². The van der Waals surface area contributed by atoms with Crippen molar-refractivity contribution < 1.29 is 23.8 Å². The van der Waals surface area contributed by atoms with Crippen LogP contribution in [-0.2, 0) is 25.5 Å². The van der Waals surface area contributed by atoms with Crippen LogP contribution in [0.4, 0.5) is 10.6 Å². The normalized spacial score (nSPS) is 18.0. The number of hydrogen-bond acceptors (Lipinski definition) is 10. The van der Waals surface area contributed by atoms with Gasteiger partial charge in [-0.1, -0.05) is 6.07 Å². The van der Waals surface area contributed by atoms with Crippen molar-refractivity contribution in [2.45, 2.75) is 71.4 Å². The molecule has 0 radical (unpaired) electrons. The zero-order valence-electron chi connectivity index (χ0n) is 24.9. The Morgan fingerprint density at radius 3 is 2.66 bits per heavy atom. The molecule has 1 saturated heterocycles. The average molecular weight is 568 g/mol. The summed E-state index contributed by atoms with van der Waals surface area (Å²) in [6.45, 7) is 11.5. The molecule has 41 heavy (non-hydrogen) atoms. The number of anilines is 1. The zero-order chi connectivity index (χ0) is 29.7. The second-order valence-electron chi connectivity index (χ2n) is 11.1. The number of hydrogen-bond donors (Lipinski definition) is 2. The lowest BCUT2D eigenvalue weighted by atomic mass is 10.1. The van der Waals surface area contributed by atoms with E-state index in [0.29, 0.717) is 37.6 Å². The molecule has 2 N–H and O–H groups in total. The van der Waals surface area contributed by atoms with E-state index in [1.165, 1.54) is 12.0 Å². The Morgan fingerprint density at radius 2 is 1.98 bits per heavy atom. The Labute approximate surface area is 240 Å². The summed E-state index contributed by atoms with van der Waals surface area (Å²) in [5.41, 5.74) is 2.49. The third-order valence-corrected chi connectivity index (χ3v) is 6.83. The van der Waals surface area contributed by atoms with Crippen molar-refractivity contribution in [2.24, 2.45) is 0 Å². The molecule has 4 heterocycles. The number of carbonyl (C=O) groups excluding carboxylic acids is 2. The number of fused-ring (bicyclic) bond motifs is 1. The van der Waals surface area contributed by atoms with Crippen LogP contribution in [0.25, 0.3) is 22.4 Å². The number of likely N-dealkylation sites (N-methyl/N-ethyl adjacent to an activating group) is 1. The van der Waals surface area contributed by atoms with Crippen molar-refractivity contribution in [2.75, 3.05) is 39.2 Å². The maximum atomic E-state index is 12.9. The van der Waals surface area contributed by atoms with Crippen LogP contribution >= 0.6 is 0 Å². The van der Waals surface area contributed by atoms with Gasteiger partial charge in [0.2, 0.25) is 0 Å². The molecule has 0 saturated carbocycles. The lowest BCUT2D eigenvalue weighted by molar-refractivity contribution is -0.145. The number of pyridine rings is 2. The first-order chi connectivity index (χ1) is 19.5. The third kappa shape index (κ3) is 7.12. The van der Waals surface area contributed by atoms with Gasteiger partial charge in [-0.25, -0.2) is 24.5 Å². The number of nitrogens with zero attached hydrogens (tertiary/aromatic N) is 5. The van der Waals surface area contributed by atoms with Crippen LogP contribution in [0, 0.1) is 6.92 Å². The number of imidazole rings is 1. The van der Waals surface area contributed by atoms with Gasteiger partial charge in [-0.15, -0.1) is 0 Å². The molecule has 0 aliphatic carbocycles. The van der Waals surface area contributed by atoms with E-state index in [1.807, 2.05) is 45.2 Å². The van der Waals surface area contributed by atoms with Crippen LogP contribution in [0.3, 0.4) is 0 Å². The van der Waals surface area contributed by atoms with E-state index in [1.54, 1.807) is 27.0 Å². The summed E-state index contributed by atoms with van der Waals surface area (Å²) >= 11 is 0. The second kappa shape index (κ2) is 12.8. The zero-order valence-corrected chi connectivity index (χ0v) is 24.9. The lowest BCUT2D eigenvalue weighted by Crippen LogP contribution is -2.44. The molecule has 12 heteroatoms. The number of aromatic nitrogens is 4. The van der Waals surface area contributed by atoms with Gasteiger partial charge in [0.25, 0.3) is 0 Å². The molecular formula is C29H41N7O5. The maximum Gasteiger partial charge on any atom is 0.411 e. The molecule has 3 aromatic rings. The van der Waals surface area contributed by atoms with Gasteiger partial charge < -0.3 is 29.4 Å². The van der Waals surface area contributed by atoms with E-state index in [-0.39, 0.29) is 18.7 Å². The first-order valence-corrected chi connectivity index (χ1v) is 13.9. The quantitative estimate of drug-likeness (QED) is 0.351. The highest BCUT2D eigenvalue weighted by Gasteiger charge is 2.42. The van der Waals surface area contributed by atoms with Crippen LogP contribution < -0.4 is 10.6 Å². The summed E-state index contributed by atoms with van der Waals surface area (Å²) in [5.74, 6) is 0.989. The molecule has 3 aromatic heterocycles. The van der Waals surface area contributed by atoms with E-state index in [9.17, 15) is 9.59 Å². The SMILES string of the molecule is CCOC(CNC)Cn1c(C)nc2nccc(-c3cccc(N[C@H]4C[C@@H](C(=O)OC)N(C(=O)OC(C)(C)C)C4)n3)c21. The van der Waals surface area contributed by atoms with Crippen LogP contribution in [-0.4, -0.2) is 94.1 Å². The Bertz CT molecular complexity index is 1360. The number of aryl methyl sites for hydroxylation is 1.